The fourth-order valence-corrected chi connectivity index (χ4v) is 2.91. The molecule has 1 aromatic carbocycles. The summed E-state index contributed by atoms with van der Waals surface area (Å²) in [6, 6.07) is 3.46. The van der Waals surface area contributed by atoms with Crippen molar-refractivity contribution < 1.29 is 27.1 Å². The molecule has 0 aromatic heterocycles. The van der Waals surface area contributed by atoms with Gasteiger partial charge < -0.3 is 21.1 Å². The summed E-state index contributed by atoms with van der Waals surface area (Å²) < 4.78 is 59.7. The standard InChI is InChI=1S/C19H21ClF4N4O2/c1-11(27-16-8-13(20)2-3-15(16)21)28-17(19(22,23)24)14(9-25)18(29)26-10-12-4-6-30-7-5-12/h2-3,8-9,12,27H,1,4-7,10,25H2,(H,26,29)/b14-9+,28-17?. The van der Waals surface area contributed by atoms with Crippen LogP contribution in [0.3, 0.4) is 0 Å². The fourth-order valence-electron chi connectivity index (χ4n) is 2.73. The molecule has 4 N–H and O–H groups in total. The maximum Gasteiger partial charge on any atom is 0.434 e. The summed E-state index contributed by atoms with van der Waals surface area (Å²) in [7, 11) is 0. The Kier molecular flexibility index (Phi) is 8.24. The van der Waals surface area contributed by atoms with Crippen LogP contribution in [0.4, 0.5) is 23.2 Å². The molecule has 1 fully saturated rings. The third kappa shape index (κ3) is 6.74. The Morgan fingerprint density at radius 3 is 2.63 bits per heavy atom. The number of rotatable bonds is 7. The van der Waals surface area contributed by atoms with E-state index in [4.69, 9.17) is 22.1 Å². The molecule has 0 aliphatic carbocycles. The predicted octanol–water partition coefficient (Wildman–Crippen LogP) is 3.75. The number of carbonyl (C=O) groups excluding carboxylic acids is 1. The SMILES string of the molecule is C=C(N=C(/C(=C\N)C(=O)NCC1CCOCC1)C(F)(F)F)Nc1cc(Cl)ccc1F. The summed E-state index contributed by atoms with van der Waals surface area (Å²) in [5.74, 6) is -2.26. The molecule has 30 heavy (non-hydrogen) atoms. The summed E-state index contributed by atoms with van der Waals surface area (Å²) in [6.07, 6.45) is -3.11. The van der Waals surface area contributed by atoms with Crippen LogP contribution in [-0.4, -0.2) is 37.6 Å². The molecule has 0 atom stereocenters. The minimum Gasteiger partial charge on any atom is -0.404 e. The van der Waals surface area contributed by atoms with Crippen molar-refractivity contribution in [3.8, 4) is 0 Å². The quantitative estimate of drug-likeness (QED) is 0.337. The van der Waals surface area contributed by atoms with Crippen molar-refractivity contribution in [3.05, 3.63) is 53.2 Å². The van der Waals surface area contributed by atoms with Gasteiger partial charge in [-0.3, -0.25) is 4.79 Å². The Morgan fingerprint density at radius 1 is 1.37 bits per heavy atom. The average Bonchev–Trinajstić information content (AvgIpc) is 2.69. The molecule has 1 aliphatic heterocycles. The van der Waals surface area contributed by atoms with Gasteiger partial charge in [-0.2, -0.15) is 13.2 Å². The highest BCUT2D eigenvalue weighted by molar-refractivity contribution is 6.30. The summed E-state index contributed by atoms with van der Waals surface area (Å²) in [6.45, 7) is 4.58. The number of nitrogens with two attached hydrogens (primary N) is 1. The molecular weight excluding hydrogens is 428 g/mol. The van der Waals surface area contributed by atoms with Gasteiger partial charge in [0.2, 0.25) is 0 Å². The predicted molar refractivity (Wildman–Crippen MR) is 106 cm³/mol. The van der Waals surface area contributed by atoms with Crippen molar-refractivity contribution >= 4 is 28.9 Å². The number of halogens is 5. The summed E-state index contributed by atoms with van der Waals surface area (Å²) in [5, 5.41) is 4.90. The molecule has 11 heteroatoms. The summed E-state index contributed by atoms with van der Waals surface area (Å²) in [5.41, 5.74) is 2.65. The van der Waals surface area contributed by atoms with Crippen LogP contribution in [0.2, 0.25) is 5.02 Å². The number of alkyl halides is 3. The van der Waals surface area contributed by atoms with E-state index in [0.717, 1.165) is 12.1 Å². The Morgan fingerprint density at radius 2 is 2.03 bits per heavy atom. The number of nitrogens with one attached hydrogen (secondary N) is 2. The minimum atomic E-state index is -5.02. The second-order valence-electron chi connectivity index (χ2n) is 6.50. The molecule has 1 aromatic rings. The van der Waals surface area contributed by atoms with Gasteiger partial charge in [0.25, 0.3) is 5.91 Å². The Hall–Kier alpha value is -2.59. The van der Waals surface area contributed by atoms with Gasteiger partial charge in [-0.1, -0.05) is 18.2 Å². The first-order valence-corrected chi connectivity index (χ1v) is 9.34. The highest BCUT2D eigenvalue weighted by Crippen LogP contribution is 2.25. The van der Waals surface area contributed by atoms with Gasteiger partial charge in [0, 0.05) is 31.0 Å². The number of aliphatic imine (C=N–C) groups is 1. The van der Waals surface area contributed by atoms with E-state index < -0.39 is 35.0 Å². The van der Waals surface area contributed by atoms with Crippen LogP contribution < -0.4 is 16.4 Å². The first-order valence-electron chi connectivity index (χ1n) is 8.97. The van der Waals surface area contributed by atoms with Gasteiger partial charge in [0.1, 0.15) is 11.6 Å². The normalized spacial score (nSPS) is 16.3. The van der Waals surface area contributed by atoms with Gasteiger partial charge in [-0.05, 0) is 37.0 Å². The van der Waals surface area contributed by atoms with E-state index in [1.54, 1.807) is 0 Å². The third-order valence-electron chi connectivity index (χ3n) is 4.28. The van der Waals surface area contributed by atoms with Gasteiger partial charge in [0.05, 0.1) is 11.3 Å². The van der Waals surface area contributed by atoms with Crippen LogP contribution in [-0.2, 0) is 9.53 Å². The molecule has 1 saturated heterocycles. The lowest BCUT2D eigenvalue weighted by molar-refractivity contribution is -0.118. The maximum absolute atomic E-state index is 13.8. The minimum absolute atomic E-state index is 0.0930. The van der Waals surface area contributed by atoms with Gasteiger partial charge in [0.15, 0.2) is 5.71 Å². The van der Waals surface area contributed by atoms with Crippen LogP contribution >= 0.6 is 11.6 Å². The molecule has 164 valence electrons. The zero-order chi connectivity index (χ0) is 22.3. The lowest BCUT2D eigenvalue weighted by Gasteiger charge is -2.22. The number of benzene rings is 1. The van der Waals surface area contributed by atoms with E-state index in [9.17, 15) is 22.4 Å². The molecule has 0 bridgehead atoms. The number of anilines is 1. The molecule has 0 spiro atoms. The second-order valence-corrected chi connectivity index (χ2v) is 6.94. The van der Waals surface area contributed by atoms with Gasteiger partial charge in [-0.25, -0.2) is 9.38 Å². The molecule has 1 aliphatic rings. The first-order chi connectivity index (χ1) is 14.1. The van der Waals surface area contributed by atoms with E-state index in [0.29, 0.717) is 32.3 Å². The number of ether oxygens (including phenoxy) is 1. The summed E-state index contributed by atoms with van der Waals surface area (Å²) >= 11 is 5.75. The Balaban J connectivity index is 2.18. The maximum atomic E-state index is 13.8. The average molecular weight is 449 g/mol. The van der Waals surface area contributed by atoms with Crippen molar-refractivity contribution in [2.75, 3.05) is 25.1 Å². The number of hydrogen-bond acceptors (Lipinski definition) is 5. The van der Waals surface area contributed by atoms with Crippen molar-refractivity contribution in [2.45, 2.75) is 19.0 Å². The smallest absolute Gasteiger partial charge is 0.404 e. The Bertz CT molecular complexity index is 849. The fraction of sp³-hybridized carbons (Fsp3) is 0.368. The second kappa shape index (κ2) is 10.4. The van der Waals surface area contributed by atoms with Crippen LogP contribution in [0, 0.1) is 11.7 Å². The van der Waals surface area contributed by atoms with Crippen molar-refractivity contribution in [3.63, 3.8) is 0 Å². The lowest BCUT2D eigenvalue weighted by atomic mass is 10.00. The molecule has 6 nitrogen and oxygen atoms in total. The highest BCUT2D eigenvalue weighted by Gasteiger charge is 2.40. The number of carbonyl (C=O) groups is 1. The molecule has 0 radical (unpaired) electrons. The monoisotopic (exact) mass is 448 g/mol. The zero-order valence-corrected chi connectivity index (χ0v) is 16.6. The summed E-state index contributed by atoms with van der Waals surface area (Å²) in [4.78, 5) is 15.7. The van der Waals surface area contributed by atoms with E-state index in [1.807, 2.05) is 0 Å². The van der Waals surface area contributed by atoms with Crippen LogP contribution in [0.1, 0.15) is 12.8 Å². The van der Waals surface area contributed by atoms with Crippen molar-refractivity contribution in [1.82, 2.24) is 5.32 Å². The van der Waals surface area contributed by atoms with Crippen LogP contribution in [0.15, 0.2) is 47.4 Å². The lowest BCUT2D eigenvalue weighted by Crippen LogP contribution is -2.38. The van der Waals surface area contributed by atoms with Crippen LogP contribution in [0.5, 0.6) is 0 Å². The zero-order valence-electron chi connectivity index (χ0n) is 15.9. The van der Waals surface area contributed by atoms with E-state index in [-0.39, 0.29) is 23.2 Å². The molecule has 0 saturated carbocycles. The molecule has 1 heterocycles. The number of amides is 1. The van der Waals surface area contributed by atoms with E-state index in [2.05, 4.69) is 22.2 Å². The molecule has 0 unspecified atom stereocenters. The molecular formula is C19H21ClF4N4O2. The number of nitrogens with zero attached hydrogens (tertiary/aromatic N) is 1. The topological polar surface area (TPSA) is 88.7 Å². The molecule has 2 rings (SSSR count). The van der Waals surface area contributed by atoms with Crippen molar-refractivity contribution in [2.24, 2.45) is 16.6 Å². The van der Waals surface area contributed by atoms with Crippen molar-refractivity contribution in [1.29, 1.82) is 0 Å². The first kappa shape index (κ1) is 23.7. The van der Waals surface area contributed by atoms with E-state index in [1.165, 1.54) is 6.07 Å². The Labute approximate surface area is 175 Å². The van der Waals surface area contributed by atoms with E-state index >= 15 is 0 Å². The highest BCUT2D eigenvalue weighted by atomic mass is 35.5. The molecule has 1 amide bonds. The van der Waals surface area contributed by atoms with Crippen LogP contribution in [0.25, 0.3) is 0 Å². The third-order valence-corrected chi connectivity index (χ3v) is 4.52. The van der Waals surface area contributed by atoms with Gasteiger partial charge in [-0.15, -0.1) is 0 Å². The largest absolute Gasteiger partial charge is 0.434 e. The van der Waals surface area contributed by atoms with Gasteiger partial charge >= 0.3 is 6.18 Å². The number of hydrogen-bond donors (Lipinski definition) is 3.